The number of nitrogens with one attached hydrogen (secondary N) is 4. The van der Waals surface area contributed by atoms with Gasteiger partial charge in [-0.15, -0.1) is 0 Å². The maximum absolute atomic E-state index is 13.2. The molecule has 0 spiro atoms. The molecule has 610 valence electrons. The number of rotatable bonds is 16. The Kier molecular flexibility index (Phi) is 27.2. The number of anilines is 4. The van der Waals surface area contributed by atoms with Gasteiger partial charge in [-0.05, 0) is 201 Å². The zero-order chi connectivity index (χ0) is 84.1. The Morgan fingerprint density at radius 3 is 0.874 bits per heavy atom. The number of hydrogen-bond donors (Lipinski definition) is 4. The van der Waals surface area contributed by atoms with Crippen molar-refractivity contribution in [1.29, 1.82) is 0 Å². The molecule has 0 bridgehead atoms. The largest absolute Gasteiger partial charge is 0.471 e. The molecule has 4 aromatic carbocycles. The SMILES string of the molecule is Cc1cc(C(=O)Nc2c(C)cc(Cl)cc2C2=NOCCO2)n(-c2ncccc2Cl)n1.Cc1cc(C(=O)Nc2c(C)cc(Cl)cc2C2=NOCCO2)n(-c2ncccc2Cl)n1.Cc1cc(C(=O)Nc2c(C)cccc2C2=NOCCO2)n(-c2ncccc2Cl)n1.Cc1cc(C(=O)Nc2c(Cl)cc(Cl)cc2C2=NOCCO2)n(-c2ncccc2Cl)n1. The normalized spacial score (nSPS) is 13.3. The molecule has 4 amide bonds. The minimum Gasteiger partial charge on any atom is -0.471 e. The number of aromatic nitrogens is 12. The van der Waals surface area contributed by atoms with Crippen LogP contribution in [0.2, 0.25) is 40.2 Å². The van der Waals surface area contributed by atoms with Gasteiger partial charge in [-0.25, -0.2) is 38.7 Å². The quantitative estimate of drug-likeness (QED) is 0.0698. The summed E-state index contributed by atoms with van der Waals surface area (Å²) >= 11 is 50.0. The smallest absolute Gasteiger partial charge is 0.274 e. The molecule has 4 aliphatic heterocycles. The van der Waals surface area contributed by atoms with Gasteiger partial charge in [0, 0.05) is 39.9 Å². The third-order valence-electron chi connectivity index (χ3n) is 17.1. The lowest BCUT2D eigenvalue weighted by atomic mass is 10.1. The average Bonchev–Trinajstić information content (AvgIpc) is 1.76. The molecular weight excluding hydrogens is 1700 g/mol. The van der Waals surface area contributed by atoms with Gasteiger partial charge in [0.2, 0.25) is 0 Å². The summed E-state index contributed by atoms with van der Waals surface area (Å²) in [5, 5.41) is 47.8. The van der Waals surface area contributed by atoms with E-state index < -0.39 is 17.7 Å². The van der Waals surface area contributed by atoms with Gasteiger partial charge < -0.3 is 59.6 Å². The number of ether oxygens (including phenoxy) is 4. The highest BCUT2D eigenvalue weighted by atomic mass is 35.5. The third kappa shape index (κ3) is 20.1. The molecule has 119 heavy (non-hydrogen) atoms. The van der Waals surface area contributed by atoms with Crippen molar-refractivity contribution in [3.05, 3.63) is 277 Å². The molecule has 32 nitrogen and oxygen atoms in total. The molecule has 4 N–H and O–H groups in total. The molecule has 0 saturated carbocycles. The van der Waals surface area contributed by atoms with Gasteiger partial charge >= 0.3 is 0 Å². The Morgan fingerprint density at radius 2 is 0.580 bits per heavy atom. The first kappa shape index (κ1) is 84.5. The monoisotopic (exact) mass is 1770 g/mol. The predicted molar refractivity (Wildman–Crippen MR) is 450 cm³/mol. The summed E-state index contributed by atoms with van der Waals surface area (Å²) in [6.45, 7) is 15.5. The fourth-order valence-corrected chi connectivity index (χ4v) is 13.8. The lowest BCUT2D eigenvalue weighted by Gasteiger charge is -2.18. The van der Waals surface area contributed by atoms with Crippen LogP contribution in [0.1, 0.15) is 104 Å². The van der Waals surface area contributed by atoms with Crippen molar-refractivity contribution in [1.82, 2.24) is 59.1 Å². The summed E-state index contributed by atoms with van der Waals surface area (Å²) in [7, 11) is 0. The summed E-state index contributed by atoms with van der Waals surface area (Å²) in [6.07, 6.45) is 6.32. The first-order valence-corrected chi connectivity index (χ1v) is 38.9. The summed E-state index contributed by atoms with van der Waals surface area (Å²) in [5.41, 5.74) is 9.88. The summed E-state index contributed by atoms with van der Waals surface area (Å²) in [6, 6.07) is 35.6. The molecule has 4 aliphatic rings. The molecule has 0 atom stereocenters. The topological polar surface area (TPSA) is 363 Å². The number of amides is 4. The minimum absolute atomic E-state index is 0.165. The highest BCUT2D eigenvalue weighted by Crippen LogP contribution is 2.36. The van der Waals surface area contributed by atoms with E-state index >= 15 is 0 Å². The van der Waals surface area contributed by atoms with Crippen LogP contribution in [0.5, 0.6) is 0 Å². The van der Waals surface area contributed by atoms with E-state index in [0.717, 1.165) is 16.7 Å². The molecule has 0 fully saturated rings. The van der Waals surface area contributed by atoms with Crippen LogP contribution in [-0.4, -0.2) is 159 Å². The Bertz CT molecular complexity index is 5600. The summed E-state index contributed by atoms with van der Waals surface area (Å²) in [5.74, 6) is 0.769. The Balaban J connectivity index is 0.000000137. The first-order valence-electron chi connectivity index (χ1n) is 35.8. The molecule has 0 saturated heterocycles. The fraction of sp³-hybridized carbons (Fsp3) is 0.190. The van der Waals surface area contributed by atoms with Gasteiger partial charge in [-0.1, -0.05) is 105 Å². The van der Waals surface area contributed by atoms with Crippen molar-refractivity contribution in [2.45, 2.75) is 48.5 Å². The second-order valence-corrected chi connectivity index (χ2v) is 29.1. The van der Waals surface area contributed by atoms with Crippen LogP contribution < -0.4 is 21.3 Å². The summed E-state index contributed by atoms with van der Waals surface area (Å²) in [4.78, 5) is 90.2. The van der Waals surface area contributed by atoms with E-state index in [0.29, 0.717) is 185 Å². The third-order valence-corrected chi connectivity index (χ3v) is 19.2. The second-order valence-electron chi connectivity index (χ2n) is 25.8. The second kappa shape index (κ2) is 38.3. The van der Waals surface area contributed by atoms with Gasteiger partial charge in [-0.2, -0.15) is 20.4 Å². The average molecular weight is 1770 g/mol. The van der Waals surface area contributed by atoms with Gasteiger partial charge in [-0.3, -0.25) is 19.2 Å². The van der Waals surface area contributed by atoms with Gasteiger partial charge in [0.15, 0.2) is 49.7 Å². The number of carbonyl (C=O) groups excluding carboxylic acids is 4. The van der Waals surface area contributed by atoms with E-state index in [1.165, 1.54) is 24.8 Å². The van der Waals surface area contributed by atoms with Crippen LogP contribution in [0.15, 0.2) is 173 Å². The number of oxime groups is 4. The number of hydrogen-bond acceptors (Lipinski definition) is 24. The van der Waals surface area contributed by atoms with E-state index in [4.69, 9.17) is 131 Å². The van der Waals surface area contributed by atoms with Crippen LogP contribution >= 0.6 is 92.8 Å². The van der Waals surface area contributed by atoms with Crippen molar-refractivity contribution in [2.75, 3.05) is 74.1 Å². The number of aryl methyl sites for hydroxylation is 7. The number of pyridine rings is 4. The van der Waals surface area contributed by atoms with Crippen molar-refractivity contribution >= 4 is 163 Å². The predicted octanol–water partition coefficient (Wildman–Crippen LogP) is 16.3. The van der Waals surface area contributed by atoms with Crippen LogP contribution in [-0.2, 0) is 38.3 Å². The zero-order valence-corrected chi connectivity index (χ0v) is 69.7. The minimum atomic E-state index is -0.486. The van der Waals surface area contributed by atoms with Crippen molar-refractivity contribution < 1.29 is 57.5 Å². The van der Waals surface area contributed by atoms with E-state index in [2.05, 4.69) is 82.2 Å². The van der Waals surface area contributed by atoms with Crippen LogP contribution in [0.3, 0.4) is 0 Å². The number of nitrogens with zero attached hydrogens (tertiary/aromatic N) is 16. The van der Waals surface area contributed by atoms with E-state index in [-0.39, 0.29) is 51.4 Å². The lowest BCUT2D eigenvalue weighted by Crippen LogP contribution is -2.22. The van der Waals surface area contributed by atoms with Gasteiger partial charge in [0.25, 0.3) is 47.2 Å². The molecule has 0 unspecified atom stereocenters. The van der Waals surface area contributed by atoms with Gasteiger partial charge in [0.05, 0.1) is 92.9 Å². The molecule has 0 aliphatic carbocycles. The Labute approximate surface area is 717 Å². The number of carbonyl (C=O) groups is 4. The molecule has 0 radical (unpaired) electrons. The highest BCUT2D eigenvalue weighted by molar-refractivity contribution is 6.38. The van der Waals surface area contributed by atoms with Gasteiger partial charge in [0.1, 0.15) is 49.2 Å². The highest BCUT2D eigenvalue weighted by Gasteiger charge is 2.30. The Hall–Kier alpha value is -12.4. The molecule has 8 aromatic heterocycles. The lowest BCUT2D eigenvalue weighted by molar-refractivity contribution is 0.0656. The summed E-state index contributed by atoms with van der Waals surface area (Å²) < 4.78 is 27.9. The standard InChI is InChI=1S/2C20H17Cl2N5O3.C20H18ClN5O3.C19H14Cl3N5O3/c2*1-11-8-13(21)10-14(20-26-30-7-6-29-20)17(11)24-19(28)16-9-12(2)25-27(16)18-15(22)4-3-5-23-18;1-12-5-3-6-14(20-25-29-10-9-28-20)17(12)23-19(27)16-11-13(2)24-26(16)18-15(21)7-4-8-22-18;1-10-7-15(27(25-10)17-13(21)3-2-4-23-17)18(28)24-16-12(8-11(20)9-14(16)22)19-26-30-6-5-29-19/h2*3-5,8-10H,6-7H2,1-2H3,(H,24,28);3-8,11H,9-10H2,1-2H3,(H,23,27);2-4,7-9H,5-6H2,1H3,(H,24,28). The van der Waals surface area contributed by atoms with Crippen molar-refractivity contribution in [2.24, 2.45) is 20.6 Å². The molecule has 16 rings (SSSR count). The fourth-order valence-electron chi connectivity index (χ4n) is 11.9. The van der Waals surface area contributed by atoms with E-state index in [1.54, 1.807) is 156 Å². The Morgan fingerprint density at radius 1 is 0.303 bits per heavy atom. The van der Waals surface area contributed by atoms with E-state index in [1.807, 2.05) is 39.0 Å². The van der Waals surface area contributed by atoms with Crippen LogP contribution in [0, 0.1) is 48.5 Å². The number of benzene rings is 4. The number of para-hydroxylation sites is 1. The molecule has 40 heteroatoms. The number of halogens is 8. The van der Waals surface area contributed by atoms with Crippen LogP contribution in [0.4, 0.5) is 22.7 Å². The maximum atomic E-state index is 13.2. The van der Waals surface area contributed by atoms with Crippen molar-refractivity contribution in [3.63, 3.8) is 0 Å². The van der Waals surface area contributed by atoms with Crippen molar-refractivity contribution in [3.8, 4) is 23.3 Å². The first-order chi connectivity index (χ1) is 57.3. The van der Waals surface area contributed by atoms with E-state index in [9.17, 15) is 19.2 Å². The van der Waals surface area contributed by atoms with Crippen LogP contribution in [0.25, 0.3) is 23.3 Å². The zero-order valence-electron chi connectivity index (χ0n) is 63.7. The molecular formula is C79H66Cl8N20O12. The molecule has 12 heterocycles. The maximum Gasteiger partial charge on any atom is 0.274 e. The molecule has 12 aromatic rings.